The van der Waals surface area contributed by atoms with Crippen LogP contribution in [-0.4, -0.2) is 40.3 Å². The van der Waals surface area contributed by atoms with Crippen molar-refractivity contribution in [3.8, 4) is 0 Å². The second-order valence-electron chi connectivity index (χ2n) is 5.83. The minimum absolute atomic E-state index is 0.0692. The van der Waals surface area contributed by atoms with Gasteiger partial charge in [0.05, 0.1) is 12.2 Å². The molecule has 5 heteroatoms. The number of H-pyrrole nitrogens is 1. The van der Waals surface area contributed by atoms with Gasteiger partial charge < -0.3 is 9.64 Å². The molecule has 1 amide bonds. The monoisotopic (exact) mass is 263 g/mol. The van der Waals surface area contributed by atoms with E-state index in [9.17, 15) is 4.79 Å². The molecule has 2 heterocycles. The lowest BCUT2D eigenvalue weighted by Crippen LogP contribution is -2.44. The summed E-state index contributed by atoms with van der Waals surface area (Å²) in [6, 6.07) is 0. The molecule has 0 spiro atoms. The number of ether oxygens (including phenoxy) is 1. The maximum atomic E-state index is 12.5. The number of rotatable bonds is 3. The zero-order valence-corrected chi connectivity index (χ0v) is 11.7. The van der Waals surface area contributed by atoms with Crippen LogP contribution in [0.1, 0.15) is 43.1 Å². The fraction of sp³-hybridized carbons (Fsp3) is 0.714. The molecule has 0 aromatic carbocycles. The topological polar surface area (TPSA) is 58.2 Å². The Labute approximate surface area is 113 Å². The molecule has 1 aliphatic heterocycles. The minimum Gasteiger partial charge on any atom is -0.365 e. The van der Waals surface area contributed by atoms with Crippen molar-refractivity contribution in [1.29, 1.82) is 0 Å². The average molecular weight is 263 g/mol. The van der Waals surface area contributed by atoms with E-state index in [1.54, 1.807) is 4.90 Å². The van der Waals surface area contributed by atoms with Crippen LogP contribution in [0.25, 0.3) is 0 Å². The van der Waals surface area contributed by atoms with E-state index in [1.165, 1.54) is 17.7 Å². The third-order valence-corrected chi connectivity index (χ3v) is 4.30. The number of nitrogens with zero attached hydrogens (tertiary/aromatic N) is 2. The Morgan fingerprint density at radius 2 is 2.32 bits per heavy atom. The molecule has 1 saturated heterocycles. The normalized spacial score (nSPS) is 25.6. The molecule has 0 unspecified atom stereocenters. The van der Waals surface area contributed by atoms with Crippen molar-refractivity contribution in [3.05, 3.63) is 17.0 Å². The molecule has 1 atom stereocenters. The van der Waals surface area contributed by atoms with Crippen LogP contribution >= 0.6 is 0 Å². The molecular weight excluding hydrogens is 242 g/mol. The summed E-state index contributed by atoms with van der Waals surface area (Å²) < 4.78 is 5.62. The fourth-order valence-corrected chi connectivity index (χ4v) is 3.17. The number of carbonyl (C=O) groups is 1. The highest BCUT2D eigenvalue weighted by molar-refractivity contribution is 5.84. The van der Waals surface area contributed by atoms with Crippen LogP contribution in [0.5, 0.6) is 0 Å². The van der Waals surface area contributed by atoms with Gasteiger partial charge in [-0.1, -0.05) is 0 Å². The van der Waals surface area contributed by atoms with E-state index in [0.29, 0.717) is 13.2 Å². The second-order valence-corrected chi connectivity index (χ2v) is 5.83. The van der Waals surface area contributed by atoms with Crippen LogP contribution in [0, 0.1) is 0 Å². The average Bonchev–Trinajstić information content (AvgIpc) is 3.07. The van der Waals surface area contributed by atoms with Gasteiger partial charge in [0.15, 0.2) is 0 Å². The number of hydrogen-bond donors (Lipinski definition) is 1. The molecule has 1 N–H and O–H groups in total. The first kappa shape index (κ1) is 12.7. The summed E-state index contributed by atoms with van der Waals surface area (Å²) in [5.41, 5.74) is 2.95. The third-order valence-electron chi connectivity index (χ3n) is 4.30. The van der Waals surface area contributed by atoms with E-state index in [4.69, 9.17) is 4.74 Å². The fourth-order valence-electron chi connectivity index (χ4n) is 3.17. The van der Waals surface area contributed by atoms with Crippen molar-refractivity contribution >= 4 is 5.91 Å². The molecule has 1 fully saturated rings. The molecule has 1 aromatic rings. The molecule has 0 radical (unpaired) electrons. The number of aromatic amines is 1. The van der Waals surface area contributed by atoms with Gasteiger partial charge in [0, 0.05) is 19.3 Å². The van der Waals surface area contributed by atoms with Crippen LogP contribution in [-0.2, 0) is 28.9 Å². The van der Waals surface area contributed by atoms with E-state index in [1.807, 2.05) is 14.0 Å². The van der Waals surface area contributed by atoms with Gasteiger partial charge in [-0.2, -0.15) is 5.10 Å². The summed E-state index contributed by atoms with van der Waals surface area (Å²) >= 11 is 0. The SMILES string of the molecule is CN(Cc1n[nH]c2c1CCC2)C(=O)[C@@]1(C)CCCO1. The zero-order chi connectivity index (χ0) is 13.5. The van der Waals surface area contributed by atoms with Crippen molar-refractivity contribution in [2.45, 2.75) is 51.2 Å². The molecule has 2 aliphatic rings. The maximum absolute atomic E-state index is 12.5. The summed E-state index contributed by atoms with van der Waals surface area (Å²) in [5, 5.41) is 7.44. The lowest BCUT2D eigenvalue weighted by molar-refractivity contribution is -0.150. The van der Waals surface area contributed by atoms with Crippen molar-refractivity contribution in [2.75, 3.05) is 13.7 Å². The molecule has 3 rings (SSSR count). The largest absolute Gasteiger partial charge is 0.365 e. The van der Waals surface area contributed by atoms with E-state index in [-0.39, 0.29) is 5.91 Å². The molecule has 19 heavy (non-hydrogen) atoms. The number of likely N-dealkylation sites (N-methyl/N-ethyl adjacent to an activating group) is 1. The van der Waals surface area contributed by atoms with E-state index in [0.717, 1.165) is 31.4 Å². The summed E-state index contributed by atoms with van der Waals surface area (Å²) in [6.07, 6.45) is 5.13. The van der Waals surface area contributed by atoms with Crippen molar-refractivity contribution in [1.82, 2.24) is 15.1 Å². The first-order valence-corrected chi connectivity index (χ1v) is 7.05. The van der Waals surface area contributed by atoms with Crippen LogP contribution in [0.4, 0.5) is 0 Å². The van der Waals surface area contributed by atoms with E-state index < -0.39 is 5.60 Å². The van der Waals surface area contributed by atoms with Gasteiger partial charge in [-0.15, -0.1) is 0 Å². The van der Waals surface area contributed by atoms with Crippen molar-refractivity contribution in [2.24, 2.45) is 0 Å². The molecule has 5 nitrogen and oxygen atoms in total. The predicted octanol–water partition coefficient (Wildman–Crippen LogP) is 1.43. The number of nitrogens with one attached hydrogen (secondary N) is 1. The first-order chi connectivity index (χ1) is 9.10. The lowest BCUT2D eigenvalue weighted by atomic mass is 10.0. The summed E-state index contributed by atoms with van der Waals surface area (Å²) in [7, 11) is 1.84. The van der Waals surface area contributed by atoms with Crippen molar-refractivity contribution in [3.63, 3.8) is 0 Å². The Hall–Kier alpha value is -1.36. The molecule has 0 bridgehead atoms. The van der Waals surface area contributed by atoms with Crippen LogP contribution in [0.15, 0.2) is 0 Å². The first-order valence-electron chi connectivity index (χ1n) is 7.05. The molecule has 104 valence electrons. The zero-order valence-electron chi connectivity index (χ0n) is 11.7. The smallest absolute Gasteiger partial charge is 0.254 e. The number of hydrogen-bond acceptors (Lipinski definition) is 3. The van der Waals surface area contributed by atoms with Gasteiger partial charge in [0.2, 0.25) is 0 Å². The number of aromatic nitrogens is 2. The van der Waals surface area contributed by atoms with Gasteiger partial charge in [0.25, 0.3) is 5.91 Å². The Bertz CT molecular complexity index is 489. The standard InChI is InChI=1S/C14H21N3O2/c1-14(7-4-8-19-14)13(18)17(2)9-12-10-5-3-6-11(10)15-16-12/h3-9H2,1-2H3,(H,15,16)/t14-/m1/s1. The summed E-state index contributed by atoms with van der Waals surface area (Å²) in [5.74, 6) is 0.0692. The Morgan fingerprint density at radius 3 is 3.05 bits per heavy atom. The van der Waals surface area contributed by atoms with Gasteiger partial charge >= 0.3 is 0 Å². The minimum atomic E-state index is -0.631. The quantitative estimate of drug-likeness (QED) is 0.897. The molecular formula is C14H21N3O2. The number of fused-ring (bicyclic) bond motifs is 1. The summed E-state index contributed by atoms with van der Waals surface area (Å²) in [4.78, 5) is 14.2. The Morgan fingerprint density at radius 1 is 1.47 bits per heavy atom. The summed E-state index contributed by atoms with van der Waals surface area (Å²) in [6.45, 7) is 3.16. The predicted molar refractivity (Wildman–Crippen MR) is 70.7 cm³/mol. The Kier molecular flexibility index (Phi) is 3.09. The molecule has 0 saturated carbocycles. The molecule has 1 aromatic heterocycles. The number of carbonyl (C=O) groups excluding carboxylic acids is 1. The second kappa shape index (κ2) is 4.63. The van der Waals surface area contributed by atoms with E-state index in [2.05, 4.69) is 10.2 Å². The Balaban J connectivity index is 1.70. The number of aryl methyl sites for hydroxylation is 1. The van der Waals surface area contributed by atoms with Gasteiger partial charge in [-0.3, -0.25) is 9.89 Å². The van der Waals surface area contributed by atoms with Crippen LogP contribution in [0.2, 0.25) is 0 Å². The van der Waals surface area contributed by atoms with E-state index >= 15 is 0 Å². The van der Waals surface area contributed by atoms with Crippen molar-refractivity contribution < 1.29 is 9.53 Å². The lowest BCUT2D eigenvalue weighted by Gasteiger charge is -2.28. The van der Waals surface area contributed by atoms with Gasteiger partial charge in [-0.05, 0) is 44.6 Å². The molecule has 1 aliphatic carbocycles. The van der Waals surface area contributed by atoms with Gasteiger partial charge in [0.1, 0.15) is 5.60 Å². The van der Waals surface area contributed by atoms with Gasteiger partial charge in [-0.25, -0.2) is 0 Å². The highest BCUT2D eigenvalue weighted by atomic mass is 16.5. The number of amides is 1. The maximum Gasteiger partial charge on any atom is 0.254 e. The van der Waals surface area contributed by atoms with Crippen LogP contribution in [0.3, 0.4) is 0 Å². The highest BCUT2D eigenvalue weighted by Crippen LogP contribution is 2.28. The highest BCUT2D eigenvalue weighted by Gasteiger charge is 2.39. The van der Waals surface area contributed by atoms with Crippen LogP contribution < -0.4 is 0 Å². The third kappa shape index (κ3) is 2.16.